The highest BCUT2D eigenvalue weighted by Crippen LogP contribution is 2.33. The van der Waals surface area contributed by atoms with Crippen molar-refractivity contribution < 1.29 is 44.5 Å². The van der Waals surface area contributed by atoms with E-state index in [2.05, 4.69) is 0 Å². The number of carbonyl (C=O) groups excluding carboxylic acids is 1. The van der Waals surface area contributed by atoms with Crippen LogP contribution in [0.25, 0.3) is 0 Å². The molecule has 5 N–H and O–H groups in total. The second-order valence-electron chi connectivity index (χ2n) is 5.92. The first-order valence-corrected chi connectivity index (χ1v) is 7.76. The summed E-state index contributed by atoms with van der Waals surface area (Å²) in [6, 6.07) is 4.08. The third-order valence-corrected chi connectivity index (χ3v) is 3.65. The monoisotopic (exact) mass is 358 g/mol. The molecule has 25 heavy (non-hydrogen) atoms. The molecule has 0 aliphatic carbocycles. The molecule has 5 atom stereocenters. The molecule has 0 unspecified atom stereocenters. The molecule has 1 aliphatic rings. The maximum atomic E-state index is 12.0. The fourth-order valence-electron chi connectivity index (χ4n) is 2.35. The first-order valence-electron chi connectivity index (χ1n) is 7.76. The summed E-state index contributed by atoms with van der Waals surface area (Å²) in [6.07, 6.45) is -7.80. The average molecular weight is 358 g/mol. The van der Waals surface area contributed by atoms with Gasteiger partial charge in [0.05, 0.1) is 12.7 Å². The van der Waals surface area contributed by atoms with Gasteiger partial charge in [0.2, 0.25) is 6.29 Å². The lowest BCUT2D eigenvalue weighted by atomic mass is 9.99. The molecule has 1 fully saturated rings. The van der Waals surface area contributed by atoms with Crippen molar-refractivity contribution in [2.24, 2.45) is 0 Å². The number of aliphatic hydroxyl groups is 4. The van der Waals surface area contributed by atoms with Crippen LogP contribution in [0.5, 0.6) is 11.5 Å². The Balaban J connectivity index is 2.21. The molecule has 1 saturated heterocycles. The second kappa shape index (κ2) is 7.98. The molecule has 0 bridgehead atoms. The number of phenols is 1. The fourth-order valence-corrected chi connectivity index (χ4v) is 2.35. The minimum absolute atomic E-state index is 0.143. The van der Waals surface area contributed by atoms with Crippen LogP contribution in [-0.4, -0.2) is 74.9 Å². The predicted octanol–water partition coefficient (Wildman–Crippen LogP) is -0.864. The molecule has 1 aromatic carbocycles. The van der Waals surface area contributed by atoms with Gasteiger partial charge in [-0.1, -0.05) is 6.07 Å². The van der Waals surface area contributed by atoms with Crippen LogP contribution in [0.4, 0.5) is 0 Å². The van der Waals surface area contributed by atoms with Crippen LogP contribution < -0.4 is 4.74 Å². The molecule has 0 saturated carbocycles. The van der Waals surface area contributed by atoms with E-state index in [9.17, 15) is 25.2 Å². The SMILES string of the molecule is CC(C)OC(=O)c1cccc(O[C@@H]2O[C@H](CO)[C@@H](O)[C@H](O)[C@H]2O)c1O. The van der Waals surface area contributed by atoms with E-state index in [1.807, 2.05) is 0 Å². The van der Waals surface area contributed by atoms with Gasteiger partial charge in [-0.3, -0.25) is 0 Å². The van der Waals surface area contributed by atoms with Crippen molar-refractivity contribution in [2.75, 3.05) is 6.61 Å². The van der Waals surface area contributed by atoms with Crippen LogP contribution >= 0.6 is 0 Å². The molecule has 9 nitrogen and oxygen atoms in total. The van der Waals surface area contributed by atoms with E-state index in [0.29, 0.717) is 0 Å². The zero-order chi connectivity index (χ0) is 18.7. The van der Waals surface area contributed by atoms with E-state index in [1.54, 1.807) is 13.8 Å². The van der Waals surface area contributed by atoms with E-state index >= 15 is 0 Å². The van der Waals surface area contributed by atoms with Crippen molar-refractivity contribution >= 4 is 5.97 Å². The molecule has 1 aliphatic heterocycles. The average Bonchev–Trinajstić information content (AvgIpc) is 2.56. The Morgan fingerprint density at radius 2 is 1.88 bits per heavy atom. The first kappa shape index (κ1) is 19.4. The Morgan fingerprint density at radius 3 is 2.48 bits per heavy atom. The molecule has 140 valence electrons. The summed E-state index contributed by atoms with van der Waals surface area (Å²) in [5.41, 5.74) is -0.143. The number of rotatable bonds is 5. The smallest absolute Gasteiger partial charge is 0.342 e. The standard InChI is InChI=1S/C16H22O9/c1-7(2)23-15(22)8-4-3-5-9(11(8)18)24-16-14(21)13(20)12(19)10(6-17)25-16/h3-5,7,10,12-14,16-21H,6H2,1-2H3/t10-,12-,13+,14-,16-/m1/s1. The zero-order valence-corrected chi connectivity index (χ0v) is 13.8. The molecular formula is C16H22O9. The summed E-state index contributed by atoms with van der Waals surface area (Å²) < 4.78 is 15.5. The Morgan fingerprint density at radius 1 is 1.20 bits per heavy atom. The third kappa shape index (κ3) is 4.20. The molecule has 0 radical (unpaired) electrons. The summed E-state index contributed by atoms with van der Waals surface area (Å²) in [5.74, 6) is -1.47. The minimum Gasteiger partial charge on any atom is -0.504 e. The van der Waals surface area contributed by atoms with Gasteiger partial charge in [0, 0.05) is 0 Å². The quantitative estimate of drug-likeness (QED) is 0.424. The van der Waals surface area contributed by atoms with E-state index < -0.39 is 49.0 Å². The fraction of sp³-hybridized carbons (Fsp3) is 0.562. The first-order chi connectivity index (χ1) is 11.8. The van der Waals surface area contributed by atoms with Crippen LogP contribution in [0, 0.1) is 0 Å². The number of aliphatic hydroxyl groups excluding tert-OH is 4. The Hall–Kier alpha value is -1.91. The largest absolute Gasteiger partial charge is 0.504 e. The van der Waals surface area contributed by atoms with Gasteiger partial charge in [0.15, 0.2) is 11.5 Å². The molecule has 2 rings (SSSR count). The Labute approximate surface area is 144 Å². The van der Waals surface area contributed by atoms with Gasteiger partial charge in [-0.2, -0.15) is 0 Å². The highest BCUT2D eigenvalue weighted by Gasteiger charge is 2.45. The summed E-state index contributed by atoms with van der Waals surface area (Å²) in [7, 11) is 0. The molecule has 0 aromatic heterocycles. The number of ether oxygens (including phenoxy) is 3. The summed E-state index contributed by atoms with van der Waals surface area (Å²) in [5, 5.41) is 48.8. The second-order valence-corrected chi connectivity index (χ2v) is 5.92. The Bertz CT molecular complexity index is 601. The Kier molecular flexibility index (Phi) is 6.20. The van der Waals surface area contributed by atoms with Gasteiger partial charge in [-0.15, -0.1) is 0 Å². The lowest BCUT2D eigenvalue weighted by Gasteiger charge is -2.39. The maximum absolute atomic E-state index is 12.0. The highest BCUT2D eigenvalue weighted by molar-refractivity contribution is 5.93. The molecule has 0 spiro atoms. The van der Waals surface area contributed by atoms with Crippen molar-refractivity contribution in [1.29, 1.82) is 0 Å². The van der Waals surface area contributed by atoms with Crippen molar-refractivity contribution in [1.82, 2.24) is 0 Å². The number of benzene rings is 1. The number of phenolic OH excluding ortho intramolecular Hbond substituents is 1. The van der Waals surface area contributed by atoms with Gasteiger partial charge >= 0.3 is 5.97 Å². The van der Waals surface area contributed by atoms with Crippen LogP contribution in [0.3, 0.4) is 0 Å². The normalized spacial score (nSPS) is 29.5. The molecule has 9 heteroatoms. The third-order valence-electron chi connectivity index (χ3n) is 3.65. The van der Waals surface area contributed by atoms with Crippen molar-refractivity contribution in [2.45, 2.75) is 50.7 Å². The number of para-hydroxylation sites is 1. The number of hydrogen-bond acceptors (Lipinski definition) is 9. The van der Waals surface area contributed by atoms with Crippen LogP contribution in [0.15, 0.2) is 18.2 Å². The van der Waals surface area contributed by atoms with Crippen LogP contribution in [0.1, 0.15) is 24.2 Å². The van der Waals surface area contributed by atoms with E-state index in [1.165, 1.54) is 18.2 Å². The van der Waals surface area contributed by atoms with E-state index in [0.717, 1.165) is 0 Å². The number of esters is 1. The predicted molar refractivity (Wildman–Crippen MR) is 83.1 cm³/mol. The van der Waals surface area contributed by atoms with E-state index in [-0.39, 0.29) is 17.4 Å². The summed E-state index contributed by atoms with van der Waals surface area (Å²) >= 11 is 0. The topological polar surface area (TPSA) is 146 Å². The molecule has 1 heterocycles. The van der Waals surface area contributed by atoms with Gasteiger partial charge < -0.3 is 39.7 Å². The molecule has 1 aromatic rings. The number of carbonyl (C=O) groups is 1. The maximum Gasteiger partial charge on any atom is 0.342 e. The van der Waals surface area contributed by atoms with Gasteiger partial charge in [0.25, 0.3) is 0 Å². The van der Waals surface area contributed by atoms with Crippen molar-refractivity contribution in [3.63, 3.8) is 0 Å². The summed E-state index contributed by atoms with van der Waals surface area (Å²) in [4.78, 5) is 12.0. The molecule has 0 amide bonds. The zero-order valence-electron chi connectivity index (χ0n) is 13.8. The highest BCUT2D eigenvalue weighted by atomic mass is 16.7. The minimum atomic E-state index is -1.64. The van der Waals surface area contributed by atoms with Gasteiger partial charge in [-0.05, 0) is 26.0 Å². The summed E-state index contributed by atoms with van der Waals surface area (Å²) in [6.45, 7) is 2.70. The van der Waals surface area contributed by atoms with Gasteiger partial charge in [-0.25, -0.2) is 4.79 Å². The number of hydrogen-bond donors (Lipinski definition) is 5. The van der Waals surface area contributed by atoms with Crippen LogP contribution in [0.2, 0.25) is 0 Å². The lowest BCUT2D eigenvalue weighted by Crippen LogP contribution is -2.60. The molecular weight excluding hydrogens is 336 g/mol. The van der Waals surface area contributed by atoms with Crippen molar-refractivity contribution in [3.8, 4) is 11.5 Å². The lowest BCUT2D eigenvalue weighted by molar-refractivity contribution is -0.277. The van der Waals surface area contributed by atoms with E-state index in [4.69, 9.17) is 19.3 Å². The number of aromatic hydroxyl groups is 1. The van der Waals surface area contributed by atoms with Gasteiger partial charge in [0.1, 0.15) is 30.0 Å². The van der Waals surface area contributed by atoms with Crippen molar-refractivity contribution in [3.05, 3.63) is 23.8 Å². The van der Waals surface area contributed by atoms with Crippen LogP contribution in [-0.2, 0) is 9.47 Å².